The molecule has 6 heteroatoms. The zero-order valence-electron chi connectivity index (χ0n) is 24.4. The lowest BCUT2D eigenvalue weighted by Crippen LogP contribution is -2.49. The van der Waals surface area contributed by atoms with E-state index >= 15 is 4.39 Å². The highest BCUT2D eigenvalue weighted by atomic mass is 19.1. The number of carbonyl (C=O) groups is 1. The number of ether oxygens (including phenoxy) is 1. The number of pyridine rings is 1. The van der Waals surface area contributed by atoms with Gasteiger partial charge in [-0.05, 0) is 62.3 Å². The zero-order chi connectivity index (χ0) is 28.9. The maximum Gasteiger partial charge on any atom is 0.252 e. The molecule has 42 heavy (non-hydrogen) atoms. The lowest BCUT2D eigenvalue weighted by molar-refractivity contribution is 0.00486. The van der Waals surface area contributed by atoms with Crippen molar-refractivity contribution in [2.24, 2.45) is 0 Å². The van der Waals surface area contributed by atoms with Crippen LogP contribution in [-0.4, -0.2) is 47.6 Å². The predicted molar refractivity (Wildman–Crippen MR) is 166 cm³/mol. The molecule has 0 bridgehead atoms. The molecule has 2 saturated heterocycles. The fourth-order valence-electron chi connectivity index (χ4n) is 6.90. The van der Waals surface area contributed by atoms with Gasteiger partial charge in [0.05, 0.1) is 17.3 Å². The Kier molecular flexibility index (Phi) is 8.92. The summed E-state index contributed by atoms with van der Waals surface area (Å²) in [5.74, 6) is -0.591. The molecule has 3 heterocycles. The van der Waals surface area contributed by atoms with E-state index in [1.165, 1.54) is 12.5 Å². The Bertz CT molecular complexity index is 1500. The van der Waals surface area contributed by atoms with Gasteiger partial charge in [0.15, 0.2) is 0 Å². The van der Waals surface area contributed by atoms with Gasteiger partial charge in [0.1, 0.15) is 11.3 Å². The Morgan fingerprint density at radius 2 is 1.71 bits per heavy atom. The van der Waals surface area contributed by atoms with E-state index in [0.29, 0.717) is 29.1 Å². The van der Waals surface area contributed by atoms with Gasteiger partial charge in [-0.25, -0.2) is 9.37 Å². The van der Waals surface area contributed by atoms with Gasteiger partial charge < -0.3 is 10.1 Å². The van der Waals surface area contributed by atoms with Crippen LogP contribution in [0.1, 0.15) is 73.0 Å². The van der Waals surface area contributed by atoms with Crippen molar-refractivity contribution in [3.63, 3.8) is 0 Å². The van der Waals surface area contributed by atoms with Gasteiger partial charge in [-0.3, -0.25) is 9.69 Å². The predicted octanol–water partition coefficient (Wildman–Crippen LogP) is 7.50. The Hall–Kier alpha value is -3.61. The zero-order valence-corrected chi connectivity index (χ0v) is 24.4. The van der Waals surface area contributed by atoms with Gasteiger partial charge >= 0.3 is 0 Å². The fraction of sp³-hybridized carbons (Fsp3) is 0.389. The number of amides is 1. The number of fused-ring (bicyclic) bond motifs is 1. The maximum absolute atomic E-state index is 15.4. The average Bonchev–Trinajstić information content (AvgIpc) is 3.05. The van der Waals surface area contributed by atoms with Gasteiger partial charge in [-0.2, -0.15) is 0 Å². The first-order valence-electron chi connectivity index (χ1n) is 15.5. The number of hydrogen-bond acceptors (Lipinski definition) is 4. The van der Waals surface area contributed by atoms with Crippen molar-refractivity contribution in [1.82, 2.24) is 15.2 Å². The second-order valence-corrected chi connectivity index (χ2v) is 11.6. The summed E-state index contributed by atoms with van der Waals surface area (Å²) in [7, 11) is 0. The van der Waals surface area contributed by atoms with Gasteiger partial charge in [0.2, 0.25) is 0 Å². The number of halogens is 1. The van der Waals surface area contributed by atoms with Crippen molar-refractivity contribution in [2.75, 3.05) is 19.8 Å². The molecule has 1 N–H and O–H groups in total. The van der Waals surface area contributed by atoms with E-state index in [1.54, 1.807) is 6.07 Å². The van der Waals surface area contributed by atoms with Crippen LogP contribution in [0.25, 0.3) is 22.2 Å². The van der Waals surface area contributed by atoms with Crippen molar-refractivity contribution >= 4 is 16.8 Å². The van der Waals surface area contributed by atoms with Crippen molar-refractivity contribution in [2.45, 2.75) is 70.0 Å². The highest BCUT2D eigenvalue weighted by molar-refractivity contribution is 6.09. The molecule has 0 spiro atoms. The van der Waals surface area contributed by atoms with Gasteiger partial charge in [0.25, 0.3) is 5.91 Å². The van der Waals surface area contributed by atoms with Crippen LogP contribution in [0.4, 0.5) is 4.39 Å². The summed E-state index contributed by atoms with van der Waals surface area (Å²) in [4.78, 5) is 22.1. The van der Waals surface area contributed by atoms with Gasteiger partial charge in [-0.15, -0.1) is 0 Å². The Morgan fingerprint density at radius 1 is 0.976 bits per heavy atom. The van der Waals surface area contributed by atoms with Crippen LogP contribution in [-0.2, 0) is 11.2 Å². The summed E-state index contributed by atoms with van der Waals surface area (Å²) in [5.41, 5.74) is 4.34. The molecule has 3 aromatic carbocycles. The molecular formula is C36H40FN3O2. The molecular weight excluding hydrogens is 525 g/mol. The first kappa shape index (κ1) is 28.5. The molecule has 2 atom stereocenters. The summed E-state index contributed by atoms with van der Waals surface area (Å²) in [5, 5.41) is 3.89. The lowest BCUT2D eigenvalue weighted by Gasteiger charge is -2.43. The highest BCUT2D eigenvalue weighted by Crippen LogP contribution is 2.36. The molecule has 2 aliphatic rings. The van der Waals surface area contributed by atoms with E-state index in [-0.39, 0.29) is 23.5 Å². The molecule has 0 radical (unpaired) electrons. The molecule has 0 saturated carbocycles. The van der Waals surface area contributed by atoms with Crippen molar-refractivity contribution in [1.29, 1.82) is 0 Å². The largest absolute Gasteiger partial charge is 0.381 e. The third kappa shape index (κ3) is 5.97. The number of likely N-dealkylation sites (tertiary alicyclic amines) is 1. The van der Waals surface area contributed by atoms with E-state index in [0.717, 1.165) is 68.6 Å². The SMILES string of the molecule is CC[C@H](NC(=O)c1c(CC2CCCCN2C2CCOCC2)c(-c2ccccc2)nc2c(F)cccc12)c1ccccc1. The minimum atomic E-state index is -0.415. The van der Waals surface area contributed by atoms with Crippen LogP contribution in [0, 0.1) is 5.82 Å². The normalized spacial score (nSPS) is 19.0. The second kappa shape index (κ2) is 13.1. The Balaban J connectivity index is 1.49. The van der Waals surface area contributed by atoms with Crippen LogP contribution < -0.4 is 5.32 Å². The molecule has 1 aromatic heterocycles. The number of aromatic nitrogens is 1. The van der Waals surface area contributed by atoms with Gasteiger partial charge in [0, 0.05) is 36.2 Å². The first-order valence-corrected chi connectivity index (χ1v) is 15.5. The molecule has 2 fully saturated rings. The molecule has 5 nitrogen and oxygen atoms in total. The first-order chi connectivity index (χ1) is 20.6. The summed E-state index contributed by atoms with van der Waals surface area (Å²) in [6.45, 7) is 4.72. The summed E-state index contributed by atoms with van der Waals surface area (Å²) in [6.07, 6.45) is 6.91. The fourth-order valence-corrected chi connectivity index (χ4v) is 6.90. The molecule has 2 aliphatic heterocycles. The number of benzene rings is 3. The number of hydrogen-bond donors (Lipinski definition) is 1. The van der Waals surface area contributed by atoms with E-state index in [1.807, 2.05) is 66.7 Å². The minimum Gasteiger partial charge on any atom is -0.381 e. The van der Waals surface area contributed by atoms with E-state index in [2.05, 4.69) is 17.1 Å². The Labute approximate surface area is 248 Å². The maximum atomic E-state index is 15.4. The topological polar surface area (TPSA) is 54.5 Å². The van der Waals surface area contributed by atoms with Crippen LogP contribution in [0.2, 0.25) is 0 Å². The Morgan fingerprint density at radius 3 is 2.45 bits per heavy atom. The number of rotatable bonds is 8. The number of para-hydroxylation sites is 1. The van der Waals surface area contributed by atoms with E-state index in [4.69, 9.17) is 9.72 Å². The smallest absolute Gasteiger partial charge is 0.252 e. The standard InChI is InChI=1S/C36H40FN3O2/c1-2-32(25-12-5-3-6-13-25)38-36(41)33-29-17-11-18-31(37)35(29)39-34(26-14-7-4-8-15-26)30(33)24-28-16-9-10-21-40(28)27-19-22-42-23-20-27/h3-8,11-15,17-18,27-28,32H,2,9-10,16,19-24H2,1H3,(H,38,41)/t28?,32-/m0/s1. The van der Waals surface area contributed by atoms with Crippen LogP contribution in [0.5, 0.6) is 0 Å². The van der Waals surface area contributed by atoms with E-state index < -0.39 is 5.82 Å². The van der Waals surface area contributed by atoms with Crippen molar-refractivity contribution in [3.8, 4) is 11.3 Å². The van der Waals surface area contributed by atoms with Crippen LogP contribution >= 0.6 is 0 Å². The third-order valence-corrected chi connectivity index (χ3v) is 9.03. The molecule has 1 amide bonds. The van der Waals surface area contributed by atoms with Gasteiger partial charge in [-0.1, -0.05) is 86.1 Å². The quantitative estimate of drug-likeness (QED) is 0.240. The number of carbonyl (C=O) groups excluding carboxylic acids is 1. The third-order valence-electron chi connectivity index (χ3n) is 9.03. The second-order valence-electron chi connectivity index (χ2n) is 11.6. The van der Waals surface area contributed by atoms with Crippen molar-refractivity contribution in [3.05, 3.63) is 101 Å². The average molecular weight is 566 g/mol. The van der Waals surface area contributed by atoms with Crippen LogP contribution in [0.3, 0.4) is 0 Å². The minimum absolute atomic E-state index is 0.156. The summed E-state index contributed by atoms with van der Waals surface area (Å²) in [6, 6.07) is 25.6. The van der Waals surface area contributed by atoms with Crippen LogP contribution in [0.15, 0.2) is 78.9 Å². The molecule has 4 aromatic rings. The lowest BCUT2D eigenvalue weighted by atomic mass is 9.87. The van der Waals surface area contributed by atoms with E-state index in [9.17, 15) is 4.79 Å². The monoisotopic (exact) mass is 565 g/mol. The molecule has 218 valence electrons. The number of nitrogens with zero attached hydrogens (tertiary/aromatic N) is 2. The van der Waals surface area contributed by atoms with Crippen molar-refractivity contribution < 1.29 is 13.9 Å². The number of nitrogens with one attached hydrogen (secondary N) is 1. The molecule has 1 unspecified atom stereocenters. The summed E-state index contributed by atoms with van der Waals surface area (Å²) >= 11 is 0. The number of piperidine rings is 1. The molecule has 0 aliphatic carbocycles. The molecule has 6 rings (SSSR count). The highest BCUT2D eigenvalue weighted by Gasteiger charge is 2.33. The summed E-state index contributed by atoms with van der Waals surface area (Å²) < 4.78 is 21.1.